The van der Waals surface area contributed by atoms with E-state index in [2.05, 4.69) is 32.1 Å². The molecule has 2 heterocycles. The summed E-state index contributed by atoms with van der Waals surface area (Å²) in [4.78, 5) is 14.3. The topological polar surface area (TPSA) is 106 Å². The SMILES string of the molecule is CCN(Cc1nc(N)nc(N)n1)CC1CCCCN1. The molecule has 2 rings (SSSR count). The normalized spacial score (nSPS) is 19.8. The molecule has 1 aliphatic rings. The van der Waals surface area contributed by atoms with Gasteiger partial charge in [0.05, 0.1) is 6.54 Å². The van der Waals surface area contributed by atoms with Gasteiger partial charge in [-0.05, 0) is 25.9 Å². The Morgan fingerprint density at radius 3 is 2.53 bits per heavy atom. The summed E-state index contributed by atoms with van der Waals surface area (Å²) in [5, 5.41) is 3.55. The van der Waals surface area contributed by atoms with E-state index in [9.17, 15) is 0 Å². The average molecular weight is 265 g/mol. The molecule has 1 fully saturated rings. The van der Waals surface area contributed by atoms with Crippen molar-refractivity contribution >= 4 is 11.9 Å². The van der Waals surface area contributed by atoms with Crippen LogP contribution in [0.4, 0.5) is 11.9 Å². The Morgan fingerprint density at radius 2 is 1.95 bits per heavy atom. The fourth-order valence-corrected chi connectivity index (χ4v) is 2.42. The highest BCUT2D eigenvalue weighted by Gasteiger charge is 2.17. The molecular weight excluding hydrogens is 242 g/mol. The molecule has 19 heavy (non-hydrogen) atoms. The summed E-state index contributed by atoms with van der Waals surface area (Å²) >= 11 is 0. The van der Waals surface area contributed by atoms with Gasteiger partial charge in [0, 0.05) is 12.6 Å². The second-order valence-electron chi connectivity index (χ2n) is 4.94. The van der Waals surface area contributed by atoms with Crippen LogP contribution in [0.3, 0.4) is 0 Å². The second-order valence-corrected chi connectivity index (χ2v) is 4.94. The standard InChI is InChI=1S/C12H23N7/c1-2-19(7-9-5-3-4-6-15-9)8-10-16-11(13)18-12(14)17-10/h9,15H,2-8H2,1H3,(H4,13,14,16,17,18). The Morgan fingerprint density at radius 1 is 1.21 bits per heavy atom. The molecule has 1 aromatic heterocycles. The van der Waals surface area contributed by atoms with E-state index >= 15 is 0 Å². The van der Waals surface area contributed by atoms with E-state index in [1.165, 1.54) is 19.3 Å². The van der Waals surface area contributed by atoms with Gasteiger partial charge >= 0.3 is 0 Å². The first kappa shape index (κ1) is 14.0. The first-order chi connectivity index (χ1) is 9.17. The monoisotopic (exact) mass is 265 g/mol. The van der Waals surface area contributed by atoms with Crippen LogP contribution in [-0.4, -0.2) is 45.5 Å². The van der Waals surface area contributed by atoms with E-state index in [1.807, 2.05) is 0 Å². The Labute approximate surface area is 113 Å². The molecule has 1 unspecified atom stereocenters. The summed E-state index contributed by atoms with van der Waals surface area (Å²) in [6, 6.07) is 0.560. The lowest BCUT2D eigenvalue weighted by Gasteiger charge is -2.29. The van der Waals surface area contributed by atoms with Crippen molar-refractivity contribution < 1.29 is 0 Å². The van der Waals surface area contributed by atoms with Crippen LogP contribution >= 0.6 is 0 Å². The molecule has 1 atom stereocenters. The minimum absolute atomic E-state index is 0.189. The Kier molecular flexibility index (Phi) is 4.86. The number of anilines is 2. The number of rotatable bonds is 5. The number of hydrogen-bond donors (Lipinski definition) is 3. The van der Waals surface area contributed by atoms with Crippen LogP contribution in [0.25, 0.3) is 0 Å². The van der Waals surface area contributed by atoms with Crippen LogP contribution in [0.5, 0.6) is 0 Å². The summed E-state index contributed by atoms with van der Waals surface area (Å²) in [6.07, 6.45) is 3.82. The molecule has 0 bridgehead atoms. The Hall–Kier alpha value is -1.47. The largest absolute Gasteiger partial charge is 0.368 e. The zero-order valence-electron chi connectivity index (χ0n) is 11.5. The number of nitrogens with two attached hydrogens (primary N) is 2. The third-order valence-electron chi connectivity index (χ3n) is 3.42. The van der Waals surface area contributed by atoms with Gasteiger partial charge in [-0.1, -0.05) is 13.3 Å². The third-order valence-corrected chi connectivity index (χ3v) is 3.42. The molecule has 0 aromatic carbocycles. The van der Waals surface area contributed by atoms with Gasteiger partial charge in [0.1, 0.15) is 5.82 Å². The van der Waals surface area contributed by atoms with Crippen LogP contribution in [0, 0.1) is 0 Å². The molecule has 1 aliphatic heterocycles. The molecule has 7 nitrogen and oxygen atoms in total. The van der Waals surface area contributed by atoms with Gasteiger partial charge in [-0.2, -0.15) is 15.0 Å². The maximum atomic E-state index is 5.59. The molecule has 106 valence electrons. The molecular formula is C12H23N7. The summed E-state index contributed by atoms with van der Waals surface area (Å²) < 4.78 is 0. The van der Waals surface area contributed by atoms with Gasteiger partial charge in [0.25, 0.3) is 0 Å². The summed E-state index contributed by atoms with van der Waals surface area (Å²) in [5.74, 6) is 1.02. The molecule has 0 aliphatic carbocycles. The number of piperidine rings is 1. The van der Waals surface area contributed by atoms with Crippen molar-refractivity contribution in [2.75, 3.05) is 31.1 Å². The second kappa shape index (κ2) is 6.63. The predicted molar refractivity (Wildman–Crippen MR) is 75.2 cm³/mol. The van der Waals surface area contributed by atoms with Crippen LogP contribution in [0.1, 0.15) is 32.0 Å². The van der Waals surface area contributed by atoms with Crippen molar-refractivity contribution in [3.8, 4) is 0 Å². The molecule has 0 spiro atoms. The fourth-order valence-electron chi connectivity index (χ4n) is 2.42. The molecule has 7 heteroatoms. The van der Waals surface area contributed by atoms with Gasteiger partial charge in [-0.3, -0.25) is 4.90 Å². The van der Waals surface area contributed by atoms with Gasteiger partial charge in [-0.15, -0.1) is 0 Å². The van der Waals surface area contributed by atoms with Gasteiger partial charge < -0.3 is 16.8 Å². The Balaban J connectivity index is 1.93. The average Bonchev–Trinajstić information content (AvgIpc) is 2.38. The fraction of sp³-hybridized carbons (Fsp3) is 0.750. The highest BCUT2D eigenvalue weighted by Crippen LogP contribution is 2.10. The van der Waals surface area contributed by atoms with Crippen LogP contribution in [0.2, 0.25) is 0 Å². The summed E-state index contributed by atoms with van der Waals surface area (Å²) in [7, 11) is 0. The minimum atomic E-state index is 0.189. The highest BCUT2D eigenvalue weighted by atomic mass is 15.2. The van der Waals surface area contributed by atoms with Gasteiger partial charge in [0.2, 0.25) is 11.9 Å². The van der Waals surface area contributed by atoms with Crippen LogP contribution in [-0.2, 0) is 6.54 Å². The number of likely N-dealkylation sites (N-methyl/N-ethyl adjacent to an activating group) is 1. The zero-order chi connectivity index (χ0) is 13.7. The maximum Gasteiger partial charge on any atom is 0.225 e. The van der Waals surface area contributed by atoms with E-state index in [-0.39, 0.29) is 11.9 Å². The first-order valence-corrected chi connectivity index (χ1v) is 6.89. The molecule has 1 aromatic rings. The zero-order valence-corrected chi connectivity index (χ0v) is 11.5. The lowest BCUT2D eigenvalue weighted by molar-refractivity contribution is 0.222. The van der Waals surface area contributed by atoms with Crippen molar-refractivity contribution in [3.63, 3.8) is 0 Å². The number of nitrogens with zero attached hydrogens (tertiary/aromatic N) is 4. The molecule has 0 radical (unpaired) electrons. The van der Waals surface area contributed by atoms with Gasteiger partial charge in [-0.25, -0.2) is 0 Å². The van der Waals surface area contributed by atoms with Crippen molar-refractivity contribution in [1.29, 1.82) is 0 Å². The smallest absolute Gasteiger partial charge is 0.225 e. The molecule has 0 saturated carbocycles. The van der Waals surface area contributed by atoms with Crippen LogP contribution in [0.15, 0.2) is 0 Å². The van der Waals surface area contributed by atoms with E-state index in [4.69, 9.17) is 11.5 Å². The lowest BCUT2D eigenvalue weighted by Crippen LogP contribution is -2.43. The molecule has 5 N–H and O–H groups in total. The highest BCUT2D eigenvalue weighted by molar-refractivity contribution is 5.25. The maximum absolute atomic E-state index is 5.59. The lowest BCUT2D eigenvalue weighted by atomic mass is 10.0. The van der Waals surface area contributed by atoms with E-state index in [1.54, 1.807) is 0 Å². The van der Waals surface area contributed by atoms with Crippen LogP contribution < -0.4 is 16.8 Å². The van der Waals surface area contributed by atoms with Crippen molar-refractivity contribution in [3.05, 3.63) is 5.82 Å². The third kappa shape index (κ3) is 4.29. The summed E-state index contributed by atoms with van der Waals surface area (Å²) in [6.45, 7) is 5.86. The van der Waals surface area contributed by atoms with E-state index < -0.39 is 0 Å². The Bertz CT molecular complexity index is 383. The predicted octanol–water partition coefficient (Wildman–Crippen LogP) is 0.00000000000000117. The number of hydrogen-bond acceptors (Lipinski definition) is 7. The van der Waals surface area contributed by atoms with Crippen molar-refractivity contribution in [2.45, 2.75) is 38.8 Å². The minimum Gasteiger partial charge on any atom is -0.368 e. The number of aromatic nitrogens is 3. The quantitative estimate of drug-likeness (QED) is 0.688. The summed E-state index contributed by atoms with van der Waals surface area (Å²) in [5.41, 5.74) is 11.2. The van der Waals surface area contributed by atoms with E-state index in [0.29, 0.717) is 18.4 Å². The first-order valence-electron chi connectivity index (χ1n) is 6.89. The molecule has 0 amide bonds. The number of nitrogens with one attached hydrogen (secondary N) is 1. The molecule has 1 saturated heterocycles. The van der Waals surface area contributed by atoms with Crippen molar-refractivity contribution in [2.24, 2.45) is 0 Å². The van der Waals surface area contributed by atoms with Crippen molar-refractivity contribution in [1.82, 2.24) is 25.2 Å². The van der Waals surface area contributed by atoms with E-state index in [0.717, 1.165) is 19.6 Å². The number of nitrogen functional groups attached to an aromatic ring is 2. The van der Waals surface area contributed by atoms with Gasteiger partial charge in [0.15, 0.2) is 0 Å².